The Morgan fingerprint density at radius 3 is 2.60 bits per heavy atom. The number of nitrogens with one attached hydrogen (secondary N) is 1. The molecule has 0 saturated heterocycles. The van der Waals surface area contributed by atoms with Gasteiger partial charge in [-0.1, -0.05) is 13.3 Å². The lowest BCUT2D eigenvalue weighted by atomic mass is 10.3. The Morgan fingerprint density at radius 2 is 2.10 bits per heavy atom. The number of nitrogens with zero attached hydrogens (tertiary/aromatic N) is 3. The van der Waals surface area contributed by atoms with Crippen molar-refractivity contribution in [3.8, 4) is 0 Å². The van der Waals surface area contributed by atoms with Gasteiger partial charge >= 0.3 is 6.18 Å². The zero-order valence-electron chi connectivity index (χ0n) is 11.2. The van der Waals surface area contributed by atoms with Crippen LogP contribution in [0, 0.1) is 0 Å². The molecule has 2 rings (SSSR count). The first kappa shape index (κ1) is 14.8. The van der Waals surface area contributed by atoms with Crippen LogP contribution in [0.15, 0.2) is 6.07 Å². The number of anilines is 2. The van der Waals surface area contributed by atoms with E-state index in [1.54, 1.807) is 0 Å². The highest BCUT2D eigenvalue weighted by atomic mass is 19.4. The topological polar surface area (TPSA) is 67.1 Å². The SMILES string of the molecule is CCCCN(c1cc(C(F)(F)F)nc(NN)n1)C1CC1. The number of hydrogen-bond donors (Lipinski definition) is 2. The van der Waals surface area contributed by atoms with Crippen molar-refractivity contribution in [2.75, 3.05) is 16.9 Å². The van der Waals surface area contributed by atoms with Crippen molar-refractivity contribution in [1.82, 2.24) is 9.97 Å². The predicted molar refractivity (Wildman–Crippen MR) is 70.1 cm³/mol. The molecule has 0 unspecified atom stereocenters. The van der Waals surface area contributed by atoms with Crippen LogP contribution in [-0.2, 0) is 6.18 Å². The summed E-state index contributed by atoms with van der Waals surface area (Å²) in [5.74, 6) is 5.24. The first-order valence-electron chi connectivity index (χ1n) is 6.65. The van der Waals surface area contributed by atoms with Gasteiger partial charge in [0.25, 0.3) is 0 Å². The van der Waals surface area contributed by atoms with E-state index in [2.05, 4.69) is 15.4 Å². The minimum Gasteiger partial charge on any atom is -0.353 e. The van der Waals surface area contributed by atoms with Crippen molar-refractivity contribution in [2.45, 2.75) is 44.8 Å². The Bertz CT molecular complexity index is 459. The van der Waals surface area contributed by atoms with E-state index in [0.717, 1.165) is 31.7 Å². The highest BCUT2D eigenvalue weighted by Gasteiger charge is 2.36. The molecule has 1 aromatic heterocycles. The maximum atomic E-state index is 12.8. The first-order valence-corrected chi connectivity index (χ1v) is 6.65. The molecule has 1 aliphatic rings. The molecule has 1 fully saturated rings. The van der Waals surface area contributed by atoms with Crippen LogP contribution in [0.2, 0.25) is 0 Å². The summed E-state index contributed by atoms with van der Waals surface area (Å²) in [4.78, 5) is 9.34. The van der Waals surface area contributed by atoms with Gasteiger partial charge in [-0.15, -0.1) is 0 Å². The zero-order valence-corrected chi connectivity index (χ0v) is 11.2. The molecule has 1 aromatic rings. The molecule has 1 heterocycles. The lowest BCUT2D eigenvalue weighted by molar-refractivity contribution is -0.141. The van der Waals surface area contributed by atoms with E-state index in [4.69, 9.17) is 5.84 Å². The van der Waals surface area contributed by atoms with Gasteiger partial charge in [0, 0.05) is 18.7 Å². The molecule has 8 heteroatoms. The van der Waals surface area contributed by atoms with E-state index < -0.39 is 11.9 Å². The summed E-state index contributed by atoms with van der Waals surface area (Å²) in [7, 11) is 0. The summed E-state index contributed by atoms with van der Waals surface area (Å²) < 4.78 is 38.5. The third-order valence-corrected chi connectivity index (χ3v) is 3.17. The molecule has 0 bridgehead atoms. The number of aromatic nitrogens is 2. The Hall–Kier alpha value is -1.57. The van der Waals surface area contributed by atoms with Crippen molar-refractivity contribution in [3.63, 3.8) is 0 Å². The summed E-state index contributed by atoms with van der Waals surface area (Å²) in [6.07, 6.45) is -0.653. The standard InChI is InChI=1S/C12H18F3N5/c1-2-3-6-20(8-4-5-8)10-7-9(12(13,14)15)17-11(18-10)19-16/h7-8H,2-6,16H2,1H3,(H,17,18,19). The van der Waals surface area contributed by atoms with Crippen LogP contribution in [0.5, 0.6) is 0 Å². The van der Waals surface area contributed by atoms with E-state index in [1.807, 2.05) is 11.8 Å². The molecule has 0 aromatic carbocycles. The van der Waals surface area contributed by atoms with Crippen LogP contribution < -0.4 is 16.2 Å². The van der Waals surface area contributed by atoms with Gasteiger partial charge in [0.1, 0.15) is 5.82 Å². The van der Waals surface area contributed by atoms with Gasteiger partial charge in [-0.25, -0.2) is 10.8 Å². The summed E-state index contributed by atoms with van der Waals surface area (Å²) in [6.45, 7) is 2.73. The molecule has 0 aliphatic heterocycles. The van der Waals surface area contributed by atoms with Gasteiger partial charge < -0.3 is 4.90 Å². The molecule has 1 aliphatic carbocycles. The fourth-order valence-corrected chi connectivity index (χ4v) is 1.99. The molecule has 0 amide bonds. The van der Waals surface area contributed by atoms with Crippen LogP contribution in [0.3, 0.4) is 0 Å². The van der Waals surface area contributed by atoms with Gasteiger partial charge in [0.15, 0.2) is 5.69 Å². The summed E-state index contributed by atoms with van der Waals surface area (Å²) in [6, 6.07) is 1.28. The van der Waals surface area contributed by atoms with Crippen LogP contribution in [-0.4, -0.2) is 22.6 Å². The number of hydrogen-bond acceptors (Lipinski definition) is 5. The van der Waals surface area contributed by atoms with E-state index >= 15 is 0 Å². The fraction of sp³-hybridized carbons (Fsp3) is 0.667. The van der Waals surface area contributed by atoms with Gasteiger partial charge in [-0.2, -0.15) is 18.2 Å². The maximum absolute atomic E-state index is 12.8. The lowest BCUT2D eigenvalue weighted by Gasteiger charge is -2.24. The smallest absolute Gasteiger partial charge is 0.353 e. The number of halogens is 3. The molecule has 3 N–H and O–H groups in total. The molecular formula is C12H18F3N5. The highest BCUT2D eigenvalue weighted by molar-refractivity contribution is 5.47. The highest BCUT2D eigenvalue weighted by Crippen LogP contribution is 2.35. The average Bonchev–Trinajstić information content (AvgIpc) is 3.22. The fourth-order valence-electron chi connectivity index (χ4n) is 1.99. The Morgan fingerprint density at radius 1 is 1.40 bits per heavy atom. The van der Waals surface area contributed by atoms with Gasteiger partial charge in [0.2, 0.25) is 5.95 Å². The van der Waals surface area contributed by atoms with Crippen molar-refractivity contribution in [3.05, 3.63) is 11.8 Å². The zero-order chi connectivity index (χ0) is 14.8. The predicted octanol–water partition coefficient (Wildman–Crippen LogP) is 2.55. The van der Waals surface area contributed by atoms with Crippen LogP contribution in [0.25, 0.3) is 0 Å². The maximum Gasteiger partial charge on any atom is 0.433 e. The summed E-state index contributed by atoms with van der Waals surface area (Å²) in [5.41, 5.74) is 1.13. The van der Waals surface area contributed by atoms with Gasteiger partial charge in [-0.05, 0) is 19.3 Å². The lowest BCUT2D eigenvalue weighted by Crippen LogP contribution is -2.29. The van der Waals surface area contributed by atoms with Crippen LogP contribution in [0.1, 0.15) is 38.3 Å². The van der Waals surface area contributed by atoms with Crippen molar-refractivity contribution >= 4 is 11.8 Å². The minimum absolute atomic E-state index is 0.211. The quantitative estimate of drug-likeness (QED) is 0.622. The van der Waals surface area contributed by atoms with E-state index in [9.17, 15) is 13.2 Å². The van der Waals surface area contributed by atoms with Gasteiger partial charge in [0.05, 0.1) is 0 Å². The van der Waals surface area contributed by atoms with E-state index in [-0.39, 0.29) is 17.8 Å². The minimum atomic E-state index is -4.51. The van der Waals surface area contributed by atoms with Crippen molar-refractivity contribution < 1.29 is 13.2 Å². The Balaban J connectivity index is 2.32. The van der Waals surface area contributed by atoms with Crippen LogP contribution in [0.4, 0.5) is 24.9 Å². The molecule has 0 atom stereocenters. The second kappa shape index (κ2) is 5.82. The van der Waals surface area contributed by atoms with E-state index in [1.165, 1.54) is 0 Å². The number of hydrazine groups is 1. The Kier molecular flexibility index (Phi) is 4.32. The number of nitrogens with two attached hydrogens (primary N) is 1. The van der Waals surface area contributed by atoms with Crippen molar-refractivity contribution in [2.24, 2.45) is 5.84 Å². The van der Waals surface area contributed by atoms with E-state index in [0.29, 0.717) is 6.54 Å². The molecule has 5 nitrogen and oxygen atoms in total. The second-order valence-electron chi connectivity index (χ2n) is 4.86. The normalized spacial score (nSPS) is 15.2. The monoisotopic (exact) mass is 289 g/mol. The largest absolute Gasteiger partial charge is 0.433 e. The third kappa shape index (κ3) is 3.50. The van der Waals surface area contributed by atoms with Crippen molar-refractivity contribution in [1.29, 1.82) is 0 Å². The van der Waals surface area contributed by atoms with Gasteiger partial charge in [-0.3, -0.25) is 5.43 Å². The Labute approximate surface area is 115 Å². The molecule has 112 valence electrons. The molecule has 20 heavy (non-hydrogen) atoms. The number of unbranched alkanes of at least 4 members (excludes halogenated alkanes) is 1. The summed E-state index contributed by atoms with van der Waals surface area (Å²) in [5, 5.41) is 0. The average molecular weight is 289 g/mol. The molecule has 0 spiro atoms. The number of alkyl halides is 3. The molecule has 0 radical (unpaired) electrons. The number of nitrogen functional groups attached to an aromatic ring is 1. The summed E-state index contributed by atoms with van der Waals surface area (Å²) >= 11 is 0. The molecule has 1 saturated carbocycles. The second-order valence-corrected chi connectivity index (χ2v) is 4.86. The third-order valence-electron chi connectivity index (χ3n) is 3.17. The van der Waals surface area contributed by atoms with Crippen LogP contribution >= 0.6 is 0 Å². The molecular weight excluding hydrogens is 271 g/mol. The number of rotatable bonds is 6. The first-order chi connectivity index (χ1) is 9.45.